The van der Waals surface area contributed by atoms with Crippen molar-refractivity contribution in [2.24, 2.45) is 0 Å². The molecule has 0 aliphatic carbocycles. The lowest BCUT2D eigenvalue weighted by Crippen LogP contribution is -2.42. The van der Waals surface area contributed by atoms with Crippen LogP contribution in [0.4, 0.5) is 18.4 Å². The Morgan fingerprint density at radius 1 is 0.689 bits per heavy atom. The van der Waals surface area contributed by atoms with Crippen LogP contribution < -0.4 is 0 Å². The molecule has 0 saturated carbocycles. The molecule has 0 radical (unpaired) electrons. The number of hydrogen-bond acceptors (Lipinski definition) is 7. The zero-order valence-electron chi connectivity index (χ0n) is 26.7. The summed E-state index contributed by atoms with van der Waals surface area (Å²) < 4.78 is 35.5. The summed E-state index contributed by atoms with van der Waals surface area (Å²) >= 11 is 0. The van der Waals surface area contributed by atoms with Crippen molar-refractivity contribution in [1.82, 2.24) is 9.80 Å². The van der Waals surface area contributed by atoms with Crippen LogP contribution in [0.5, 0.6) is 0 Å². The Hall–Kier alpha value is -4.41. The average Bonchev–Trinajstić information content (AvgIpc) is 2.95. The molecule has 0 N–H and O–H groups in total. The predicted octanol–water partition coefficient (Wildman–Crippen LogP) is 6.64. The van der Waals surface area contributed by atoms with E-state index in [9.17, 15) is 32.8 Å². The van der Waals surface area contributed by atoms with E-state index in [4.69, 9.17) is 9.47 Å². The Kier molecular flexibility index (Phi) is 13.6. The van der Waals surface area contributed by atoms with E-state index in [1.807, 2.05) is 20.8 Å². The lowest BCUT2D eigenvalue weighted by Gasteiger charge is -2.30. The molecule has 4 rings (SSSR count). The second-order valence-corrected chi connectivity index (χ2v) is 12.5. The van der Waals surface area contributed by atoms with Gasteiger partial charge in [0.05, 0.1) is 6.54 Å². The normalized spacial score (nSPS) is 16.1. The minimum Gasteiger partial charge on any atom is -0.444 e. The zero-order valence-corrected chi connectivity index (χ0v) is 26.7. The Labute approximate surface area is 263 Å². The van der Waals surface area contributed by atoms with Gasteiger partial charge in [-0.25, -0.2) is 18.4 Å². The van der Waals surface area contributed by atoms with Crippen LogP contribution in [0.3, 0.4) is 0 Å². The first-order chi connectivity index (χ1) is 21.0. The molecule has 0 bridgehead atoms. The topological polar surface area (TPSA) is 110 Å². The molecule has 2 amide bonds. The highest BCUT2D eigenvalue weighted by molar-refractivity contribution is 6.01. The quantitative estimate of drug-likeness (QED) is 0.271. The Balaban J connectivity index is 0.000000261. The molecular weight excluding hydrogens is 586 g/mol. The minimum atomic E-state index is -0.570. The van der Waals surface area contributed by atoms with Crippen LogP contribution in [-0.2, 0) is 19.1 Å². The summed E-state index contributed by atoms with van der Waals surface area (Å²) in [6.07, 6.45) is 2.82. The SMILES string of the molecule is CC(C)(C)OC(=O)N1CCC(=O)/C(=C/c2ccc(F)cc2)C1.CC(C)(C)OC(=O)N1CCC(=O)CC1.O=Cc1ccc(F)cc1. The van der Waals surface area contributed by atoms with Crippen molar-refractivity contribution in [3.05, 3.63) is 76.9 Å². The molecular formula is C34H42F2N2O7. The average molecular weight is 629 g/mol. The molecule has 0 aromatic heterocycles. The van der Waals surface area contributed by atoms with E-state index in [0.717, 1.165) is 5.56 Å². The number of hydrogen-bond donors (Lipinski definition) is 0. The van der Waals surface area contributed by atoms with Crippen molar-refractivity contribution >= 4 is 36.1 Å². The molecule has 0 unspecified atom stereocenters. The van der Waals surface area contributed by atoms with Crippen LogP contribution in [0.15, 0.2) is 54.1 Å². The van der Waals surface area contributed by atoms with Gasteiger partial charge in [-0.15, -0.1) is 0 Å². The molecule has 2 aliphatic heterocycles. The number of amides is 2. The van der Waals surface area contributed by atoms with E-state index in [0.29, 0.717) is 49.9 Å². The largest absolute Gasteiger partial charge is 0.444 e. The fraction of sp³-hybridized carbons (Fsp3) is 0.441. The number of carbonyl (C=O) groups is 5. The first-order valence-electron chi connectivity index (χ1n) is 14.6. The molecule has 0 atom stereocenters. The predicted molar refractivity (Wildman–Crippen MR) is 166 cm³/mol. The minimum absolute atomic E-state index is 0.00383. The van der Waals surface area contributed by atoms with Crippen LogP contribution in [0.2, 0.25) is 0 Å². The van der Waals surface area contributed by atoms with Gasteiger partial charge in [0.15, 0.2) is 5.78 Å². The number of likely N-dealkylation sites (tertiary alicyclic amines) is 2. The van der Waals surface area contributed by atoms with Gasteiger partial charge in [-0.2, -0.15) is 0 Å². The molecule has 2 aromatic carbocycles. The number of rotatable bonds is 2. The van der Waals surface area contributed by atoms with Crippen molar-refractivity contribution in [3.8, 4) is 0 Å². The third kappa shape index (κ3) is 14.3. The zero-order chi connectivity index (χ0) is 33.8. The van der Waals surface area contributed by atoms with E-state index in [1.165, 1.54) is 41.3 Å². The number of aldehydes is 1. The van der Waals surface area contributed by atoms with Crippen LogP contribution >= 0.6 is 0 Å². The molecule has 2 heterocycles. The molecule has 2 fully saturated rings. The first-order valence-corrected chi connectivity index (χ1v) is 14.6. The Bertz CT molecular complexity index is 1350. The van der Waals surface area contributed by atoms with Gasteiger partial charge in [0.25, 0.3) is 0 Å². The van der Waals surface area contributed by atoms with Gasteiger partial charge >= 0.3 is 12.2 Å². The molecule has 2 aliphatic rings. The summed E-state index contributed by atoms with van der Waals surface area (Å²) in [6.45, 7) is 12.5. The first kappa shape index (κ1) is 36.8. The highest BCUT2D eigenvalue weighted by Crippen LogP contribution is 2.19. The maximum Gasteiger partial charge on any atom is 0.410 e. The number of nitrogens with zero attached hydrogens (tertiary/aromatic N) is 2. The smallest absolute Gasteiger partial charge is 0.410 e. The summed E-state index contributed by atoms with van der Waals surface area (Å²) in [4.78, 5) is 59.6. The third-order valence-electron chi connectivity index (χ3n) is 6.17. The summed E-state index contributed by atoms with van der Waals surface area (Å²) in [5, 5.41) is 0. The molecule has 9 nitrogen and oxygen atoms in total. The van der Waals surface area contributed by atoms with Gasteiger partial charge in [0.1, 0.15) is 34.9 Å². The summed E-state index contributed by atoms with van der Waals surface area (Å²) in [6, 6.07) is 11.2. The Morgan fingerprint density at radius 3 is 1.56 bits per heavy atom. The molecule has 244 valence electrons. The van der Waals surface area contributed by atoms with E-state index >= 15 is 0 Å². The highest BCUT2D eigenvalue weighted by Gasteiger charge is 2.29. The van der Waals surface area contributed by atoms with E-state index in [2.05, 4.69) is 0 Å². The van der Waals surface area contributed by atoms with E-state index < -0.39 is 17.3 Å². The Morgan fingerprint density at radius 2 is 1.11 bits per heavy atom. The molecule has 2 aromatic rings. The van der Waals surface area contributed by atoms with Crippen LogP contribution in [-0.4, -0.2) is 77.2 Å². The van der Waals surface area contributed by atoms with Gasteiger partial charge in [-0.1, -0.05) is 12.1 Å². The van der Waals surface area contributed by atoms with Crippen molar-refractivity contribution in [3.63, 3.8) is 0 Å². The van der Waals surface area contributed by atoms with Gasteiger partial charge in [0.2, 0.25) is 0 Å². The fourth-order valence-corrected chi connectivity index (χ4v) is 3.95. The molecule has 0 spiro atoms. The van der Waals surface area contributed by atoms with Gasteiger partial charge in [-0.3, -0.25) is 14.4 Å². The van der Waals surface area contributed by atoms with Crippen LogP contribution in [0.1, 0.15) is 76.7 Å². The molecule has 2 saturated heterocycles. The molecule has 45 heavy (non-hydrogen) atoms. The van der Waals surface area contributed by atoms with Gasteiger partial charge in [-0.05, 0) is 89.6 Å². The number of piperidine rings is 2. The third-order valence-corrected chi connectivity index (χ3v) is 6.17. The lowest BCUT2D eigenvalue weighted by molar-refractivity contribution is -0.121. The van der Waals surface area contributed by atoms with E-state index in [1.54, 1.807) is 43.9 Å². The van der Waals surface area contributed by atoms with Crippen LogP contribution in [0, 0.1) is 11.6 Å². The summed E-state index contributed by atoms with van der Waals surface area (Å²) in [7, 11) is 0. The summed E-state index contributed by atoms with van der Waals surface area (Å²) in [5.74, 6) is -0.415. The number of halogens is 2. The van der Waals surface area contributed by atoms with Gasteiger partial charge < -0.3 is 19.3 Å². The van der Waals surface area contributed by atoms with E-state index in [-0.39, 0.29) is 42.3 Å². The highest BCUT2D eigenvalue weighted by atomic mass is 19.1. The lowest BCUT2D eigenvalue weighted by atomic mass is 10.0. The number of Topliss-reactive ketones (excluding diaryl/α,β-unsaturated/α-hetero) is 2. The second-order valence-electron chi connectivity index (χ2n) is 12.5. The number of benzene rings is 2. The second kappa shape index (κ2) is 16.6. The molecule has 11 heteroatoms. The maximum atomic E-state index is 12.9. The number of ether oxygens (including phenoxy) is 2. The standard InChI is InChI=1S/C17H20FNO3.C10H17NO3.C7H5FO/c1-17(2,3)22-16(21)19-9-8-15(20)13(11-19)10-12-4-6-14(18)7-5-12;1-10(2,3)14-9(13)11-6-4-8(12)5-7-11;8-7-3-1-6(5-9)2-4-7/h4-7,10H,8-9,11H2,1-3H3;4-7H2,1-3H3;1-5H/b13-10+;;. The number of carbonyl (C=O) groups excluding carboxylic acids is 5. The van der Waals surface area contributed by atoms with Crippen molar-refractivity contribution < 1.29 is 42.2 Å². The monoisotopic (exact) mass is 628 g/mol. The van der Waals surface area contributed by atoms with Crippen molar-refractivity contribution in [1.29, 1.82) is 0 Å². The fourth-order valence-electron chi connectivity index (χ4n) is 3.95. The maximum absolute atomic E-state index is 12.9. The number of ketones is 2. The van der Waals surface area contributed by atoms with Crippen molar-refractivity contribution in [2.75, 3.05) is 26.2 Å². The van der Waals surface area contributed by atoms with Crippen LogP contribution in [0.25, 0.3) is 6.08 Å². The van der Waals surface area contributed by atoms with Crippen molar-refractivity contribution in [2.45, 2.75) is 72.0 Å². The summed E-state index contributed by atoms with van der Waals surface area (Å²) in [5.41, 5.74) is 0.730. The van der Waals surface area contributed by atoms with Gasteiger partial charge in [0, 0.05) is 50.0 Å².